The van der Waals surface area contributed by atoms with Gasteiger partial charge < -0.3 is 19.5 Å². The number of hydrogen-bond donors (Lipinski definition) is 1. The molecule has 1 unspecified atom stereocenters. The van der Waals surface area contributed by atoms with Crippen molar-refractivity contribution in [3.63, 3.8) is 0 Å². The van der Waals surface area contributed by atoms with Crippen LogP contribution >= 0.6 is 0 Å². The summed E-state index contributed by atoms with van der Waals surface area (Å²) in [5.41, 5.74) is 0.0538. The van der Waals surface area contributed by atoms with Crippen molar-refractivity contribution in [2.24, 2.45) is 0 Å². The molecule has 2 rings (SSSR count). The molecule has 0 aromatic carbocycles. The fraction of sp³-hybridized carbons (Fsp3) is 0.923. The van der Waals surface area contributed by atoms with Crippen molar-refractivity contribution in [2.75, 3.05) is 33.4 Å². The molecule has 0 aliphatic carbocycles. The molecule has 0 aromatic heterocycles. The Kier molecular flexibility index (Phi) is 4.97. The summed E-state index contributed by atoms with van der Waals surface area (Å²) in [6, 6.07) is 0. The van der Waals surface area contributed by atoms with Crippen LogP contribution in [0, 0.1) is 0 Å². The summed E-state index contributed by atoms with van der Waals surface area (Å²) in [6.07, 6.45) is 4.49. The number of carbonyl (C=O) groups excluding carboxylic acids is 1. The van der Waals surface area contributed by atoms with Crippen LogP contribution in [0.25, 0.3) is 0 Å². The van der Waals surface area contributed by atoms with E-state index < -0.39 is 0 Å². The number of esters is 1. The van der Waals surface area contributed by atoms with Crippen LogP contribution < -0.4 is 5.32 Å². The highest BCUT2D eigenvalue weighted by Gasteiger charge is 2.41. The molecule has 2 aliphatic heterocycles. The van der Waals surface area contributed by atoms with Crippen LogP contribution in [0.2, 0.25) is 0 Å². The molecule has 5 nitrogen and oxygen atoms in total. The molecule has 18 heavy (non-hydrogen) atoms. The van der Waals surface area contributed by atoms with Crippen LogP contribution in [0.3, 0.4) is 0 Å². The molecule has 0 radical (unpaired) electrons. The summed E-state index contributed by atoms with van der Waals surface area (Å²) < 4.78 is 16.3. The van der Waals surface area contributed by atoms with Crippen molar-refractivity contribution in [3.05, 3.63) is 0 Å². The third-order valence-electron chi connectivity index (χ3n) is 3.80. The zero-order valence-electron chi connectivity index (χ0n) is 11.1. The molecule has 1 spiro atoms. The van der Waals surface area contributed by atoms with Gasteiger partial charge in [0.1, 0.15) is 0 Å². The topological polar surface area (TPSA) is 56.8 Å². The molecule has 0 amide bonds. The van der Waals surface area contributed by atoms with Gasteiger partial charge in [0.15, 0.2) is 0 Å². The Morgan fingerprint density at radius 1 is 1.44 bits per heavy atom. The molecule has 0 saturated carbocycles. The minimum absolute atomic E-state index is 0.0538. The Morgan fingerprint density at radius 2 is 2.22 bits per heavy atom. The van der Waals surface area contributed by atoms with E-state index in [0.717, 1.165) is 38.8 Å². The van der Waals surface area contributed by atoms with Gasteiger partial charge in [0.05, 0.1) is 25.4 Å². The van der Waals surface area contributed by atoms with Gasteiger partial charge >= 0.3 is 5.97 Å². The highest BCUT2D eigenvalue weighted by molar-refractivity contribution is 5.68. The predicted molar refractivity (Wildman–Crippen MR) is 66.4 cm³/mol. The molecule has 1 atom stereocenters. The van der Waals surface area contributed by atoms with Gasteiger partial charge in [-0.05, 0) is 32.4 Å². The summed E-state index contributed by atoms with van der Waals surface area (Å²) in [4.78, 5) is 10.9. The Balaban J connectivity index is 1.62. The molecule has 2 aliphatic rings. The molecular formula is C13H23NO4. The monoisotopic (exact) mass is 257 g/mol. The number of ether oxygens (including phenoxy) is 3. The number of hydrogen-bond acceptors (Lipinski definition) is 5. The van der Waals surface area contributed by atoms with E-state index in [0.29, 0.717) is 19.6 Å². The van der Waals surface area contributed by atoms with E-state index in [2.05, 4.69) is 10.1 Å². The van der Waals surface area contributed by atoms with Gasteiger partial charge in [0.25, 0.3) is 0 Å². The Labute approximate surface area is 108 Å². The molecule has 2 fully saturated rings. The van der Waals surface area contributed by atoms with Gasteiger partial charge in [-0.15, -0.1) is 0 Å². The van der Waals surface area contributed by atoms with Gasteiger partial charge in [0.2, 0.25) is 0 Å². The number of rotatable bonds is 5. The lowest BCUT2D eigenvalue weighted by Crippen LogP contribution is -2.41. The third-order valence-corrected chi connectivity index (χ3v) is 3.80. The third kappa shape index (κ3) is 3.67. The van der Waals surface area contributed by atoms with Crippen LogP contribution in [-0.4, -0.2) is 51.1 Å². The first-order chi connectivity index (χ1) is 8.74. The first-order valence-corrected chi connectivity index (χ1v) is 6.77. The fourth-order valence-electron chi connectivity index (χ4n) is 2.71. The molecule has 2 heterocycles. The van der Waals surface area contributed by atoms with Gasteiger partial charge in [-0.2, -0.15) is 0 Å². The Hall–Kier alpha value is -0.650. The second-order valence-corrected chi connectivity index (χ2v) is 5.12. The van der Waals surface area contributed by atoms with Crippen LogP contribution in [-0.2, 0) is 19.0 Å². The van der Waals surface area contributed by atoms with Crippen molar-refractivity contribution in [1.29, 1.82) is 0 Å². The van der Waals surface area contributed by atoms with Gasteiger partial charge in [-0.1, -0.05) is 0 Å². The lowest BCUT2D eigenvalue weighted by Gasteiger charge is -2.32. The zero-order chi connectivity index (χ0) is 12.8. The van der Waals surface area contributed by atoms with Crippen molar-refractivity contribution >= 4 is 5.97 Å². The molecule has 104 valence electrons. The number of piperidine rings is 1. The van der Waals surface area contributed by atoms with E-state index >= 15 is 0 Å². The summed E-state index contributed by atoms with van der Waals surface area (Å²) >= 11 is 0. The number of nitrogens with one attached hydrogen (secondary N) is 1. The second-order valence-electron chi connectivity index (χ2n) is 5.12. The molecule has 1 N–H and O–H groups in total. The van der Waals surface area contributed by atoms with E-state index in [4.69, 9.17) is 9.47 Å². The average Bonchev–Trinajstić information content (AvgIpc) is 2.78. The Morgan fingerprint density at radius 3 is 2.94 bits per heavy atom. The normalized spacial score (nSPS) is 26.4. The lowest BCUT2D eigenvalue weighted by atomic mass is 9.89. The van der Waals surface area contributed by atoms with Gasteiger partial charge in [-0.25, -0.2) is 0 Å². The smallest absolute Gasteiger partial charge is 0.305 e. The van der Waals surface area contributed by atoms with Gasteiger partial charge in [-0.3, -0.25) is 4.79 Å². The minimum atomic E-state index is -0.170. The Bertz CT molecular complexity index is 276. The number of methoxy groups -OCH3 is 1. The van der Waals surface area contributed by atoms with Gasteiger partial charge in [0, 0.05) is 19.4 Å². The van der Waals surface area contributed by atoms with Crippen LogP contribution in [0.1, 0.15) is 32.1 Å². The summed E-state index contributed by atoms with van der Waals surface area (Å²) in [7, 11) is 1.41. The highest BCUT2D eigenvalue weighted by Crippen LogP contribution is 2.35. The molecule has 5 heteroatoms. The van der Waals surface area contributed by atoms with Crippen LogP contribution in [0.15, 0.2) is 0 Å². The largest absolute Gasteiger partial charge is 0.469 e. The average molecular weight is 257 g/mol. The standard InChI is InChI=1S/C13H23NO4/c1-16-12(15)3-2-8-17-11-9-13(18-10-11)4-6-14-7-5-13/h11,14H,2-10H2,1H3. The van der Waals surface area contributed by atoms with Crippen molar-refractivity contribution < 1.29 is 19.0 Å². The summed E-state index contributed by atoms with van der Waals surface area (Å²) in [5.74, 6) is -0.170. The van der Waals surface area contributed by atoms with Crippen LogP contribution in [0.5, 0.6) is 0 Å². The van der Waals surface area contributed by atoms with E-state index in [1.54, 1.807) is 0 Å². The van der Waals surface area contributed by atoms with Crippen molar-refractivity contribution in [2.45, 2.75) is 43.8 Å². The molecular weight excluding hydrogens is 234 g/mol. The maximum atomic E-state index is 10.9. The lowest BCUT2D eigenvalue weighted by molar-refractivity contribution is -0.141. The highest BCUT2D eigenvalue weighted by atomic mass is 16.6. The first-order valence-electron chi connectivity index (χ1n) is 6.77. The zero-order valence-corrected chi connectivity index (χ0v) is 11.1. The number of carbonyl (C=O) groups is 1. The van der Waals surface area contributed by atoms with E-state index in [1.807, 2.05) is 0 Å². The minimum Gasteiger partial charge on any atom is -0.469 e. The quantitative estimate of drug-likeness (QED) is 0.585. The second kappa shape index (κ2) is 6.50. The van der Waals surface area contributed by atoms with Crippen LogP contribution in [0.4, 0.5) is 0 Å². The predicted octanol–water partition coefficient (Wildman–Crippen LogP) is 0.867. The molecule has 0 bridgehead atoms. The maximum Gasteiger partial charge on any atom is 0.305 e. The SMILES string of the molecule is COC(=O)CCCOC1COC2(CCNCC2)C1. The first kappa shape index (κ1) is 13.8. The van der Waals surface area contributed by atoms with E-state index in [-0.39, 0.29) is 17.7 Å². The summed E-state index contributed by atoms with van der Waals surface area (Å²) in [5, 5.41) is 3.35. The van der Waals surface area contributed by atoms with E-state index in [1.165, 1.54) is 7.11 Å². The summed E-state index contributed by atoms with van der Waals surface area (Å²) in [6.45, 7) is 3.37. The molecule has 0 aromatic rings. The van der Waals surface area contributed by atoms with Crippen molar-refractivity contribution in [3.8, 4) is 0 Å². The molecule has 2 saturated heterocycles. The van der Waals surface area contributed by atoms with E-state index in [9.17, 15) is 4.79 Å². The van der Waals surface area contributed by atoms with Crippen molar-refractivity contribution in [1.82, 2.24) is 5.32 Å². The maximum absolute atomic E-state index is 10.9. The fourth-order valence-corrected chi connectivity index (χ4v) is 2.71.